The zero-order chi connectivity index (χ0) is 13.1. The number of benzene rings is 1. The normalized spacial score (nSPS) is 15.7. The van der Waals surface area contributed by atoms with Crippen molar-refractivity contribution >= 4 is 11.6 Å². The summed E-state index contributed by atoms with van der Waals surface area (Å²) in [7, 11) is 3.45. The van der Waals surface area contributed by atoms with Crippen molar-refractivity contribution in [3.8, 4) is 5.75 Å². The molecule has 98 valence electrons. The Labute approximate surface area is 108 Å². The van der Waals surface area contributed by atoms with Gasteiger partial charge in [0.15, 0.2) is 0 Å². The van der Waals surface area contributed by atoms with E-state index in [1.54, 1.807) is 32.3 Å². The van der Waals surface area contributed by atoms with Crippen LogP contribution in [0.15, 0.2) is 18.2 Å². The molecule has 1 aromatic carbocycles. The number of nitrogen functional groups attached to an aromatic ring is 1. The zero-order valence-corrected chi connectivity index (χ0v) is 11.0. The topological polar surface area (TPSA) is 55.6 Å². The largest absolute Gasteiger partial charge is 0.488 e. The van der Waals surface area contributed by atoms with E-state index in [2.05, 4.69) is 0 Å². The molecule has 0 aliphatic heterocycles. The summed E-state index contributed by atoms with van der Waals surface area (Å²) >= 11 is 0. The number of hydrogen-bond donors (Lipinski definition) is 1. The lowest BCUT2D eigenvalue weighted by Crippen LogP contribution is -2.21. The van der Waals surface area contributed by atoms with Crippen LogP contribution in [0.25, 0.3) is 0 Å². The van der Waals surface area contributed by atoms with E-state index in [1.807, 2.05) is 0 Å². The minimum absolute atomic E-state index is 0.0471. The smallest absolute Gasteiger partial charge is 0.253 e. The lowest BCUT2D eigenvalue weighted by molar-refractivity contribution is 0.0827. The van der Waals surface area contributed by atoms with Gasteiger partial charge in [0, 0.05) is 19.7 Å². The number of nitrogens with zero attached hydrogens (tertiary/aromatic N) is 1. The summed E-state index contributed by atoms with van der Waals surface area (Å²) in [6, 6.07) is 5.25. The summed E-state index contributed by atoms with van der Waals surface area (Å²) < 4.78 is 5.85. The second kappa shape index (κ2) is 5.29. The highest BCUT2D eigenvalue weighted by Crippen LogP contribution is 2.29. The van der Waals surface area contributed by atoms with Gasteiger partial charge < -0.3 is 15.4 Å². The van der Waals surface area contributed by atoms with Gasteiger partial charge in [-0.1, -0.05) is 0 Å². The molecule has 0 aromatic heterocycles. The molecule has 1 amide bonds. The van der Waals surface area contributed by atoms with Crippen molar-refractivity contribution < 1.29 is 9.53 Å². The molecule has 0 heterocycles. The van der Waals surface area contributed by atoms with Gasteiger partial charge in [0.05, 0.1) is 11.8 Å². The Kier molecular flexibility index (Phi) is 3.75. The number of amides is 1. The van der Waals surface area contributed by atoms with Gasteiger partial charge in [0.2, 0.25) is 0 Å². The second-order valence-corrected chi connectivity index (χ2v) is 4.98. The Balaban J connectivity index is 2.11. The maximum atomic E-state index is 11.8. The van der Waals surface area contributed by atoms with Crippen LogP contribution >= 0.6 is 0 Å². The Morgan fingerprint density at radius 1 is 1.33 bits per heavy atom. The van der Waals surface area contributed by atoms with Crippen LogP contribution in [0.5, 0.6) is 5.75 Å². The van der Waals surface area contributed by atoms with E-state index in [0.29, 0.717) is 17.0 Å². The molecule has 1 aliphatic carbocycles. The third-order valence-corrected chi connectivity index (χ3v) is 3.26. The van der Waals surface area contributed by atoms with Crippen molar-refractivity contribution in [1.82, 2.24) is 4.90 Å². The summed E-state index contributed by atoms with van der Waals surface area (Å²) in [5, 5.41) is 0. The number of rotatable bonds is 3. The van der Waals surface area contributed by atoms with Crippen molar-refractivity contribution in [2.75, 3.05) is 19.8 Å². The monoisotopic (exact) mass is 248 g/mol. The van der Waals surface area contributed by atoms with Gasteiger partial charge in [0.25, 0.3) is 5.91 Å². The van der Waals surface area contributed by atoms with Crippen LogP contribution in [0.4, 0.5) is 5.69 Å². The van der Waals surface area contributed by atoms with Crippen LogP contribution in [0.2, 0.25) is 0 Å². The first-order chi connectivity index (χ1) is 8.58. The number of carbonyl (C=O) groups is 1. The zero-order valence-electron chi connectivity index (χ0n) is 11.0. The van der Waals surface area contributed by atoms with Crippen LogP contribution in [0.3, 0.4) is 0 Å². The number of carbonyl (C=O) groups excluding carboxylic acids is 1. The number of hydrogen-bond acceptors (Lipinski definition) is 3. The molecule has 1 aromatic rings. The lowest BCUT2D eigenvalue weighted by Gasteiger charge is -2.16. The van der Waals surface area contributed by atoms with Gasteiger partial charge in [-0.05, 0) is 43.9 Å². The van der Waals surface area contributed by atoms with E-state index in [1.165, 1.54) is 17.7 Å². The lowest BCUT2D eigenvalue weighted by atomic mass is 10.1. The van der Waals surface area contributed by atoms with E-state index < -0.39 is 0 Å². The predicted octanol–water partition coefficient (Wildman–Crippen LogP) is 2.29. The van der Waals surface area contributed by atoms with Gasteiger partial charge in [-0.3, -0.25) is 4.79 Å². The average molecular weight is 248 g/mol. The minimum Gasteiger partial charge on any atom is -0.488 e. The summed E-state index contributed by atoms with van der Waals surface area (Å²) in [5.41, 5.74) is 7.07. The molecule has 0 unspecified atom stereocenters. The first kappa shape index (κ1) is 12.7. The number of ether oxygens (including phenoxy) is 1. The molecule has 1 fully saturated rings. The molecule has 18 heavy (non-hydrogen) atoms. The van der Waals surface area contributed by atoms with E-state index in [4.69, 9.17) is 10.5 Å². The van der Waals surface area contributed by atoms with Gasteiger partial charge in [-0.2, -0.15) is 0 Å². The van der Waals surface area contributed by atoms with Crippen molar-refractivity contribution in [1.29, 1.82) is 0 Å². The molecular formula is C14H20N2O2. The fraction of sp³-hybridized carbons (Fsp3) is 0.500. The van der Waals surface area contributed by atoms with Crippen LogP contribution in [-0.4, -0.2) is 31.0 Å². The molecule has 1 saturated carbocycles. The minimum atomic E-state index is -0.0471. The summed E-state index contributed by atoms with van der Waals surface area (Å²) in [6.45, 7) is 0. The van der Waals surface area contributed by atoms with Crippen molar-refractivity contribution in [2.24, 2.45) is 0 Å². The number of nitrogens with two attached hydrogens (primary N) is 1. The highest BCUT2D eigenvalue weighted by Gasteiger charge is 2.18. The first-order valence-corrected chi connectivity index (χ1v) is 6.36. The molecule has 4 nitrogen and oxygen atoms in total. The van der Waals surface area contributed by atoms with Gasteiger partial charge in [-0.25, -0.2) is 0 Å². The van der Waals surface area contributed by atoms with Crippen molar-refractivity contribution in [2.45, 2.75) is 31.8 Å². The standard InChI is InChI=1S/C14H20N2O2/c1-16(2)14(17)10-7-8-13(12(15)9-10)18-11-5-3-4-6-11/h7-9,11H,3-6,15H2,1-2H3. The van der Waals surface area contributed by atoms with Crippen LogP contribution in [-0.2, 0) is 0 Å². The van der Waals surface area contributed by atoms with Crippen LogP contribution < -0.4 is 10.5 Å². The summed E-state index contributed by atoms with van der Waals surface area (Å²) in [6.07, 6.45) is 4.92. The summed E-state index contributed by atoms with van der Waals surface area (Å²) in [5.74, 6) is 0.645. The third kappa shape index (κ3) is 2.75. The predicted molar refractivity (Wildman–Crippen MR) is 71.8 cm³/mol. The molecule has 4 heteroatoms. The molecular weight excluding hydrogens is 228 g/mol. The molecule has 1 aliphatic rings. The van der Waals surface area contributed by atoms with E-state index >= 15 is 0 Å². The van der Waals surface area contributed by atoms with Crippen LogP contribution in [0.1, 0.15) is 36.0 Å². The second-order valence-electron chi connectivity index (χ2n) is 4.98. The molecule has 0 saturated heterocycles. The maximum absolute atomic E-state index is 11.8. The van der Waals surface area contributed by atoms with Gasteiger partial charge in [0.1, 0.15) is 5.75 Å². The van der Waals surface area contributed by atoms with Crippen molar-refractivity contribution in [3.05, 3.63) is 23.8 Å². The summed E-state index contributed by atoms with van der Waals surface area (Å²) in [4.78, 5) is 13.3. The Bertz CT molecular complexity index is 437. The van der Waals surface area contributed by atoms with Gasteiger partial charge >= 0.3 is 0 Å². The highest BCUT2D eigenvalue weighted by atomic mass is 16.5. The Morgan fingerprint density at radius 2 is 2.00 bits per heavy atom. The molecule has 2 N–H and O–H groups in total. The van der Waals surface area contributed by atoms with E-state index in [9.17, 15) is 4.79 Å². The SMILES string of the molecule is CN(C)C(=O)c1ccc(OC2CCCC2)c(N)c1. The maximum Gasteiger partial charge on any atom is 0.253 e. The Morgan fingerprint density at radius 3 is 2.56 bits per heavy atom. The molecule has 2 rings (SSSR count). The Hall–Kier alpha value is -1.71. The van der Waals surface area contributed by atoms with Gasteiger partial charge in [-0.15, -0.1) is 0 Å². The average Bonchev–Trinajstić information content (AvgIpc) is 2.83. The van der Waals surface area contributed by atoms with Crippen LogP contribution in [0, 0.1) is 0 Å². The van der Waals surface area contributed by atoms with Crippen molar-refractivity contribution in [3.63, 3.8) is 0 Å². The quantitative estimate of drug-likeness (QED) is 0.835. The molecule has 0 spiro atoms. The molecule has 0 radical (unpaired) electrons. The van der Waals surface area contributed by atoms with E-state index in [-0.39, 0.29) is 12.0 Å². The number of anilines is 1. The highest BCUT2D eigenvalue weighted by molar-refractivity contribution is 5.95. The molecule has 0 bridgehead atoms. The fourth-order valence-electron chi connectivity index (χ4n) is 2.23. The molecule has 0 atom stereocenters. The third-order valence-electron chi connectivity index (χ3n) is 3.26. The van der Waals surface area contributed by atoms with E-state index in [0.717, 1.165) is 12.8 Å². The first-order valence-electron chi connectivity index (χ1n) is 6.36. The fourth-order valence-corrected chi connectivity index (χ4v) is 2.23.